The Bertz CT molecular complexity index is 276. The van der Waals surface area contributed by atoms with Crippen molar-refractivity contribution < 1.29 is 9.90 Å². The van der Waals surface area contributed by atoms with E-state index in [0.717, 1.165) is 0 Å². The quantitative estimate of drug-likeness (QED) is 0.704. The van der Waals surface area contributed by atoms with E-state index in [4.69, 9.17) is 5.11 Å². The summed E-state index contributed by atoms with van der Waals surface area (Å²) in [5, 5.41) is 11.5. The molecule has 12 heavy (non-hydrogen) atoms. The standard InChI is InChI=1S/C8H9NO2.ClH/c1-6(10)9-7-3-2-4-8(11)5-7;/h2-5,11H,1H3,(H,9,10);1H. The molecule has 1 aromatic rings. The number of anilines is 1. The maximum atomic E-state index is 10.5. The van der Waals surface area contributed by atoms with Gasteiger partial charge in [0.25, 0.3) is 0 Å². The smallest absolute Gasteiger partial charge is 0.221 e. The lowest BCUT2D eigenvalue weighted by atomic mass is 10.3. The van der Waals surface area contributed by atoms with E-state index < -0.39 is 0 Å². The van der Waals surface area contributed by atoms with Crippen LogP contribution in [0.15, 0.2) is 24.3 Å². The summed E-state index contributed by atoms with van der Waals surface area (Å²) in [7, 11) is 0. The van der Waals surface area contributed by atoms with E-state index in [0.29, 0.717) is 5.69 Å². The molecule has 0 radical (unpaired) electrons. The van der Waals surface area contributed by atoms with Crippen molar-refractivity contribution >= 4 is 24.0 Å². The molecule has 3 nitrogen and oxygen atoms in total. The number of hydrogen-bond acceptors (Lipinski definition) is 2. The van der Waals surface area contributed by atoms with E-state index in [2.05, 4.69) is 5.32 Å². The zero-order valence-corrected chi connectivity index (χ0v) is 7.39. The molecule has 0 aliphatic rings. The van der Waals surface area contributed by atoms with E-state index in [1.165, 1.54) is 13.0 Å². The van der Waals surface area contributed by atoms with Crippen molar-refractivity contribution in [2.45, 2.75) is 6.92 Å². The zero-order valence-electron chi connectivity index (χ0n) is 6.57. The molecule has 1 aromatic carbocycles. The minimum absolute atomic E-state index is 0. The lowest BCUT2D eigenvalue weighted by Gasteiger charge is -2.00. The number of rotatable bonds is 1. The lowest BCUT2D eigenvalue weighted by molar-refractivity contribution is -0.114. The molecule has 0 aromatic heterocycles. The number of benzene rings is 1. The molecule has 0 aliphatic heterocycles. The van der Waals surface area contributed by atoms with Gasteiger partial charge in [-0.3, -0.25) is 4.79 Å². The van der Waals surface area contributed by atoms with E-state index in [-0.39, 0.29) is 24.1 Å². The van der Waals surface area contributed by atoms with Gasteiger partial charge in [-0.1, -0.05) is 6.07 Å². The maximum Gasteiger partial charge on any atom is 0.221 e. The van der Waals surface area contributed by atoms with Gasteiger partial charge >= 0.3 is 0 Å². The fraction of sp³-hybridized carbons (Fsp3) is 0.125. The highest BCUT2D eigenvalue weighted by atomic mass is 35.5. The normalized spacial score (nSPS) is 8.42. The molecule has 2 N–H and O–H groups in total. The SMILES string of the molecule is CC(=O)Nc1cccc(O)c1.Cl. The van der Waals surface area contributed by atoms with Crippen molar-refractivity contribution in [3.63, 3.8) is 0 Å². The number of aromatic hydroxyl groups is 1. The van der Waals surface area contributed by atoms with Gasteiger partial charge < -0.3 is 10.4 Å². The minimum atomic E-state index is -0.143. The highest BCUT2D eigenvalue weighted by molar-refractivity contribution is 5.88. The Morgan fingerprint density at radius 1 is 1.50 bits per heavy atom. The Morgan fingerprint density at radius 2 is 2.17 bits per heavy atom. The molecule has 0 bridgehead atoms. The number of phenols is 1. The highest BCUT2D eigenvalue weighted by Gasteiger charge is 1.94. The van der Waals surface area contributed by atoms with Gasteiger partial charge in [0.1, 0.15) is 5.75 Å². The Balaban J connectivity index is 0.00000121. The Morgan fingerprint density at radius 3 is 2.67 bits per heavy atom. The van der Waals surface area contributed by atoms with Crippen LogP contribution in [0.1, 0.15) is 6.92 Å². The first-order valence-corrected chi connectivity index (χ1v) is 3.25. The summed E-state index contributed by atoms with van der Waals surface area (Å²) in [6.45, 7) is 1.42. The van der Waals surface area contributed by atoms with E-state index in [9.17, 15) is 4.79 Å². The van der Waals surface area contributed by atoms with Crippen LogP contribution in [-0.4, -0.2) is 11.0 Å². The molecule has 66 valence electrons. The number of hydrogen-bond donors (Lipinski definition) is 2. The van der Waals surface area contributed by atoms with Crippen molar-refractivity contribution in [1.82, 2.24) is 0 Å². The average molecular weight is 188 g/mol. The molecule has 4 heteroatoms. The van der Waals surface area contributed by atoms with Crippen LogP contribution in [0.5, 0.6) is 5.75 Å². The second kappa shape index (κ2) is 4.62. The Labute approximate surface area is 76.8 Å². The third kappa shape index (κ3) is 3.25. The topological polar surface area (TPSA) is 49.3 Å². The van der Waals surface area contributed by atoms with E-state index >= 15 is 0 Å². The van der Waals surface area contributed by atoms with Crippen LogP contribution in [-0.2, 0) is 4.79 Å². The molecule has 0 atom stereocenters. The summed E-state index contributed by atoms with van der Waals surface area (Å²) in [5.41, 5.74) is 0.609. The number of nitrogens with one attached hydrogen (secondary N) is 1. The molecule has 0 fully saturated rings. The van der Waals surface area contributed by atoms with Crippen LogP contribution >= 0.6 is 12.4 Å². The predicted octanol–water partition coefficient (Wildman–Crippen LogP) is 1.77. The molecular formula is C8H10ClNO2. The average Bonchev–Trinajstić information content (AvgIpc) is 1.85. The van der Waals surface area contributed by atoms with Gasteiger partial charge in [0, 0.05) is 18.7 Å². The van der Waals surface area contributed by atoms with Crippen molar-refractivity contribution in [3.05, 3.63) is 24.3 Å². The second-order valence-corrected chi connectivity index (χ2v) is 2.23. The number of carbonyl (C=O) groups is 1. The monoisotopic (exact) mass is 187 g/mol. The molecule has 0 aliphatic carbocycles. The largest absolute Gasteiger partial charge is 0.508 e. The molecule has 0 saturated carbocycles. The summed E-state index contributed by atoms with van der Waals surface area (Å²) in [6, 6.07) is 6.41. The third-order valence-electron chi connectivity index (χ3n) is 1.17. The number of amides is 1. The van der Waals surface area contributed by atoms with Crippen LogP contribution in [0.25, 0.3) is 0 Å². The van der Waals surface area contributed by atoms with Gasteiger partial charge in [0.15, 0.2) is 0 Å². The summed E-state index contributed by atoms with van der Waals surface area (Å²) in [6.07, 6.45) is 0. The Kier molecular flexibility index (Phi) is 4.15. The van der Waals surface area contributed by atoms with E-state index in [1.807, 2.05) is 0 Å². The fourth-order valence-electron chi connectivity index (χ4n) is 0.787. The number of halogens is 1. The summed E-state index contributed by atoms with van der Waals surface area (Å²) < 4.78 is 0. The molecule has 0 spiro atoms. The van der Waals surface area contributed by atoms with Gasteiger partial charge in [-0.2, -0.15) is 0 Å². The zero-order chi connectivity index (χ0) is 8.27. The van der Waals surface area contributed by atoms with Gasteiger partial charge in [-0.25, -0.2) is 0 Å². The van der Waals surface area contributed by atoms with Gasteiger partial charge in [0.05, 0.1) is 0 Å². The van der Waals surface area contributed by atoms with Crippen LogP contribution in [0, 0.1) is 0 Å². The van der Waals surface area contributed by atoms with Crippen molar-refractivity contribution in [3.8, 4) is 5.75 Å². The van der Waals surface area contributed by atoms with Gasteiger partial charge in [0.2, 0.25) is 5.91 Å². The first-order chi connectivity index (χ1) is 5.18. The van der Waals surface area contributed by atoms with Crippen LogP contribution < -0.4 is 5.32 Å². The number of phenolic OH excluding ortho intramolecular Hbond substituents is 1. The summed E-state index contributed by atoms with van der Waals surface area (Å²) in [4.78, 5) is 10.5. The first-order valence-electron chi connectivity index (χ1n) is 3.25. The fourth-order valence-corrected chi connectivity index (χ4v) is 0.787. The summed E-state index contributed by atoms with van der Waals surface area (Å²) in [5.74, 6) is 0.00634. The molecular weight excluding hydrogens is 178 g/mol. The first kappa shape index (κ1) is 10.8. The van der Waals surface area contributed by atoms with Crippen molar-refractivity contribution in [2.75, 3.05) is 5.32 Å². The molecule has 0 saturated heterocycles. The van der Waals surface area contributed by atoms with Gasteiger partial charge in [-0.15, -0.1) is 12.4 Å². The molecule has 1 rings (SSSR count). The highest BCUT2D eigenvalue weighted by Crippen LogP contribution is 2.14. The van der Waals surface area contributed by atoms with Crippen LogP contribution in [0.3, 0.4) is 0 Å². The van der Waals surface area contributed by atoms with Crippen LogP contribution in [0.2, 0.25) is 0 Å². The van der Waals surface area contributed by atoms with E-state index in [1.54, 1.807) is 18.2 Å². The lowest BCUT2D eigenvalue weighted by Crippen LogP contribution is -2.04. The van der Waals surface area contributed by atoms with Gasteiger partial charge in [-0.05, 0) is 12.1 Å². The molecule has 1 amide bonds. The number of carbonyl (C=O) groups excluding carboxylic acids is 1. The minimum Gasteiger partial charge on any atom is -0.508 e. The van der Waals surface area contributed by atoms with Crippen molar-refractivity contribution in [1.29, 1.82) is 0 Å². The second-order valence-electron chi connectivity index (χ2n) is 2.23. The van der Waals surface area contributed by atoms with Crippen LogP contribution in [0.4, 0.5) is 5.69 Å². The Hall–Kier alpha value is -1.22. The maximum absolute atomic E-state index is 10.5. The summed E-state index contributed by atoms with van der Waals surface area (Å²) >= 11 is 0. The predicted molar refractivity (Wildman–Crippen MR) is 49.7 cm³/mol. The third-order valence-corrected chi connectivity index (χ3v) is 1.17. The van der Waals surface area contributed by atoms with Crippen molar-refractivity contribution in [2.24, 2.45) is 0 Å². The molecule has 0 unspecified atom stereocenters. The molecule has 0 heterocycles.